The Labute approximate surface area is 150 Å². The maximum absolute atomic E-state index is 4.82. The molecule has 2 aliphatic rings. The summed E-state index contributed by atoms with van der Waals surface area (Å²) in [4.78, 5) is 11.4. The molecule has 1 spiro atoms. The molecule has 2 heterocycles. The van der Waals surface area contributed by atoms with Crippen LogP contribution in [0.25, 0.3) is 0 Å². The topological polar surface area (TPSA) is 40.5 Å². The second-order valence-electron chi connectivity index (χ2n) is 6.37. The normalized spacial score (nSPS) is 19.7. The van der Waals surface area contributed by atoms with Crippen molar-refractivity contribution in [2.75, 3.05) is 26.2 Å². The molecule has 0 bridgehead atoms. The Balaban J connectivity index is 0.00000176. The van der Waals surface area contributed by atoms with Crippen molar-refractivity contribution in [1.82, 2.24) is 15.2 Å². The Morgan fingerprint density at radius 3 is 2.86 bits per heavy atom. The lowest BCUT2D eigenvalue weighted by molar-refractivity contribution is 0.151. The molecular formula is C17H27IN4. The van der Waals surface area contributed by atoms with Gasteiger partial charge in [0.1, 0.15) is 0 Å². The van der Waals surface area contributed by atoms with E-state index in [0.717, 1.165) is 25.5 Å². The van der Waals surface area contributed by atoms with Crippen molar-refractivity contribution in [3.63, 3.8) is 0 Å². The fourth-order valence-corrected chi connectivity index (χ4v) is 3.46. The Morgan fingerprint density at radius 1 is 1.41 bits per heavy atom. The first-order valence-electron chi connectivity index (χ1n) is 8.23. The molecule has 4 nitrogen and oxygen atoms in total. The van der Waals surface area contributed by atoms with Crippen LogP contribution in [0.4, 0.5) is 0 Å². The van der Waals surface area contributed by atoms with Crippen molar-refractivity contribution in [2.24, 2.45) is 10.4 Å². The van der Waals surface area contributed by atoms with E-state index in [4.69, 9.17) is 4.99 Å². The van der Waals surface area contributed by atoms with Gasteiger partial charge in [-0.3, -0.25) is 9.98 Å². The summed E-state index contributed by atoms with van der Waals surface area (Å²) in [6.45, 7) is 6.28. The first-order valence-corrected chi connectivity index (χ1v) is 8.23. The van der Waals surface area contributed by atoms with Gasteiger partial charge in [-0.15, -0.1) is 24.0 Å². The van der Waals surface area contributed by atoms with Crippen LogP contribution in [0.2, 0.25) is 0 Å². The highest BCUT2D eigenvalue weighted by Gasteiger charge is 2.43. The molecule has 0 amide bonds. The molecular weight excluding hydrogens is 387 g/mol. The molecule has 1 aliphatic heterocycles. The van der Waals surface area contributed by atoms with Crippen LogP contribution >= 0.6 is 24.0 Å². The van der Waals surface area contributed by atoms with E-state index < -0.39 is 0 Å². The van der Waals surface area contributed by atoms with E-state index in [9.17, 15) is 0 Å². The van der Waals surface area contributed by atoms with Gasteiger partial charge in [-0.05, 0) is 49.7 Å². The molecule has 0 aromatic carbocycles. The molecule has 0 unspecified atom stereocenters. The lowest BCUT2D eigenvalue weighted by atomic mass is 9.68. The highest BCUT2D eigenvalue weighted by Crippen LogP contribution is 2.47. The van der Waals surface area contributed by atoms with Gasteiger partial charge in [-0.25, -0.2) is 0 Å². The first kappa shape index (κ1) is 17.5. The average Bonchev–Trinajstić information content (AvgIpc) is 2.93. The fourth-order valence-electron chi connectivity index (χ4n) is 3.46. The van der Waals surface area contributed by atoms with Crippen molar-refractivity contribution < 1.29 is 0 Å². The summed E-state index contributed by atoms with van der Waals surface area (Å²) in [5, 5.41) is 3.46. The standard InChI is InChI=1S/C17H26N4.HI/c1-2-19-16(20-11-6-15-5-3-10-18-13-15)21-12-9-17(14-21)7-4-8-17;/h3,5,10,13H,2,4,6-9,11-12,14H2,1H3,(H,19,20);1H. The zero-order valence-electron chi connectivity index (χ0n) is 13.4. The Hall–Kier alpha value is -0.850. The lowest BCUT2D eigenvalue weighted by Crippen LogP contribution is -2.42. The molecule has 1 aromatic heterocycles. The molecule has 2 fully saturated rings. The van der Waals surface area contributed by atoms with Crippen molar-refractivity contribution in [3.05, 3.63) is 30.1 Å². The third-order valence-electron chi connectivity index (χ3n) is 4.87. The molecule has 22 heavy (non-hydrogen) atoms. The van der Waals surface area contributed by atoms with Gasteiger partial charge in [0.05, 0.1) is 0 Å². The van der Waals surface area contributed by atoms with Crippen LogP contribution in [-0.2, 0) is 6.42 Å². The maximum Gasteiger partial charge on any atom is 0.193 e. The number of hydrogen-bond donors (Lipinski definition) is 1. The smallest absolute Gasteiger partial charge is 0.193 e. The number of hydrogen-bond acceptors (Lipinski definition) is 2. The largest absolute Gasteiger partial charge is 0.357 e. The number of nitrogens with zero attached hydrogens (tertiary/aromatic N) is 3. The quantitative estimate of drug-likeness (QED) is 0.468. The summed E-state index contributed by atoms with van der Waals surface area (Å²) < 4.78 is 0. The van der Waals surface area contributed by atoms with Crippen molar-refractivity contribution in [2.45, 2.75) is 39.0 Å². The third kappa shape index (κ3) is 4.12. The van der Waals surface area contributed by atoms with Crippen LogP contribution < -0.4 is 5.32 Å². The van der Waals surface area contributed by atoms with E-state index in [1.54, 1.807) is 0 Å². The van der Waals surface area contributed by atoms with Crippen LogP contribution in [0.15, 0.2) is 29.5 Å². The molecule has 1 saturated carbocycles. The van der Waals surface area contributed by atoms with Crippen LogP contribution in [-0.4, -0.2) is 42.0 Å². The number of aliphatic imine (C=N–C) groups is 1. The molecule has 5 heteroatoms. The predicted octanol–water partition coefficient (Wildman–Crippen LogP) is 3.08. The molecule has 1 saturated heterocycles. The molecule has 0 atom stereocenters. The SMILES string of the molecule is CCNC(=NCCc1cccnc1)N1CCC2(CCC2)C1.I. The van der Waals surface area contributed by atoms with Gasteiger partial charge in [0.15, 0.2) is 5.96 Å². The van der Waals surface area contributed by atoms with E-state index >= 15 is 0 Å². The van der Waals surface area contributed by atoms with Crippen LogP contribution in [0.1, 0.15) is 38.2 Å². The summed E-state index contributed by atoms with van der Waals surface area (Å²) in [6.07, 6.45) is 10.3. The maximum atomic E-state index is 4.82. The summed E-state index contributed by atoms with van der Waals surface area (Å²) in [5.41, 5.74) is 1.88. The molecule has 1 N–H and O–H groups in total. The van der Waals surface area contributed by atoms with Gasteiger partial charge < -0.3 is 10.2 Å². The second-order valence-corrected chi connectivity index (χ2v) is 6.37. The van der Waals surface area contributed by atoms with Gasteiger partial charge in [0.2, 0.25) is 0 Å². The van der Waals surface area contributed by atoms with Crippen LogP contribution in [0.3, 0.4) is 0 Å². The number of rotatable bonds is 4. The molecule has 1 aliphatic carbocycles. The highest BCUT2D eigenvalue weighted by atomic mass is 127. The summed E-state index contributed by atoms with van der Waals surface area (Å²) in [5.74, 6) is 1.10. The number of nitrogens with one attached hydrogen (secondary N) is 1. The van der Waals surface area contributed by atoms with E-state index in [1.165, 1.54) is 44.3 Å². The minimum absolute atomic E-state index is 0. The Kier molecular flexibility index (Phi) is 6.47. The lowest BCUT2D eigenvalue weighted by Gasteiger charge is -2.38. The number of pyridine rings is 1. The minimum Gasteiger partial charge on any atom is -0.357 e. The van der Waals surface area contributed by atoms with Gasteiger partial charge in [-0.1, -0.05) is 12.5 Å². The summed E-state index contributed by atoms with van der Waals surface area (Å²) in [7, 11) is 0. The van der Waals surface area contributed by atoms with Crippen molar-refractivity contribution in [1.29, 1.82) is 0 Å². The van der Waals surface area contributed by atoms with Gasteiger partial charge in [0.25, 0.3) is 0 Å². The van der Waals surface area contributed by atoms with E-state index in [2.05, 4.69) is 28.2 Å². The number of aromatic nitrogens is 1. The third-order valence-corrected chi connectivity index (χ3v) is 4.87. The van der Waals surface area contributed by atoms with Gasteiger partial charge in [-0.2, -0.15) is 0 Å². The predicted molar refractivity (Wildman–Crippen MR) is 102 cm³/mol. The first-order chi connectivity index (χ1) is 10.3. The van der Waals surface area contributed by atoms with E-state index in [-0.39, 0.29) is 24.0 Å². The average molecular weight is 414 g/mol. The monoisotopic (exact) mass is 414 g/mol. The fraction of sp³-hybridized carbons (Fsp3) is 0.647. The Morgan fingerprint density at radius 2 is 2.27 bits per heavy atom. The number of guanidine groups is 1. The Bertz CT molecular complexity index is 485. The minimum atomic E-state index is 0. The van der Waals surface area contributed by atoms with Crippen molar-refractivity contribution in [3.8, 4) is 0 Å². The van der Waals surface area contributed by atoms with Crippen LogP contribution in [0, 0.1) is 5.41 Å². The summed E-state index contributed by atoms with van der Waals surface area (Å²) in [6, 6.07) is 4.11. The zero-order valence-corrected chi connectivity index (χ0v) is 15.8. The molecule has 1 aromatic rings. The summed E-state index contributed by atoms with van der Waals surface area (Å²) >= 11 is 0. The molecule has 3 rings (SSSR count). The number of halogens is 1. The molecule has 122 valence electrons. The van der Waals surface area contributed by atoms with E-state index in [1.807, 2.05) is 18.5 Å². The number of likely N-dealkylation sites (tertiary alicyclic amines) is 1. The molecule has 0 radical (unpaired) electrons. The zero-order chi connectivity index (χ0) is 14.5. The van der Waals surface area contributed by atoms with E-state index in [0.29, 0.717) is 5.41 Å². The second kappa shape index (κ2) is 8.13. The van der Waals surface area contributed by atoms with Gasteiger partial charge >= 0.3 is 0 Å². The van der Waals surface area contributed by atoms with Gasteiger partial charge in [0, 0.05) is 38.6 Å². The van der Waals surface area contributed by atoms with Crippen LogP contribution in [0.5, 0.6) is 0 Å². The van der Waals surface area contributed by atoms with Crippen molar-refractivity contribution >= 4 is 29.9 Å². The highest BCUT2D eigenvalue weighted by molar-refractivity contribution is 14.0.